The van der Waals surface area contributed by atoms with Crippen LogP contribution in [-0.4, -0.2) is 280 Å². The number of amides is 12. The fraction of sp³-hybridized carbons (Fsp3) is 0.627. The largest absolute Gasteiger partial charge is 0.480 e. The van der Waals surface area contributed by atoms with E-state index >= 15 is 0 Å². The van der Waals surface area contributed by atoms with Crippen LogP contribution in [0.5, 0.6) is 0 Å². The third-order valence-electron chi connectivity index (χ3n) is 17.7. The SMILES string of the molecule is CCCCCC(=O)N[C@H]1CSCc2cc(CSCCNC(=O)CN3CCN(CC(N)=O)CCN(CC(N)=O)CCN(CC(N)=O)CC3)cc(c2)CSC[C@@H](C(=O)O)NC(=O)[C@H](Cc2ccccc2)NC(=O)[C@H](CCC(N)=O)NC(=O)[C@H]([C@@H](C)O)NC(=O)[C@@H]2CCCN2C(=O)[C@@H]2CCCN2C1=O. The molecule has 16 N–H and O–H groups in total. The fourth-order valence-corrected chi connectivity index (χ4v) is 15.2. The van der Waals surface area contributed by atoms with Crippen molar-refractivity contribution in [2.24, 2.45) is 22.9 Å². The van der Waals surface area contributed by atoms with Crippen LogP contribution in [0.15, 0.2) is 48.5 Å². The molecule has 0 aliphatic carbocycles. The number of hydrogen-bond donors (Lipinski definition) is 12. The Morgan fingerprint density at radius 1 is 0.594 bits per heavy atom. The number of aliphatic carboxylic acids is 1. The first-order valence-corrected chi connectivity index (χ1v) is 37.9. The monoisotopic (exact) mass is 1470 g/mol. The van der Waals surface area contributed by atoms with Gasteiger partial charge in [-0.1, -0.05) is 68.3 Å². The number of nitrogens with two attached hydrogens (primary N) is 4. The number of nitrogens with zero attached hydrogens (tertiary/aromatic N) is 6. The molecule has 2 aromatic rings. The van der Waals surface area contributed by atoms with Crippen molar-refractivity contribution in [3.8, 4) is 0 Å². The molecule has 3 saturated heterocycles. The fourth-order valence-electron chi connectivity index (χ4n) is 12.5. The summed E-state index contributed by atoms with van der Waals surface area (Å²) in [7, 11) is 0. The third-order valence-corrected chi connectivity index (χ3v) is 20.9. The summed E-state index contributed by atoms with van der Waals surface area (Å²) in [4.78, 5) is 186. The molecule has 558 valence electrons. The van der Waals surface area contributed by atoms with Gasteiger partial charge in [-0.15, -0.1) is 0 Å². The lowest BCUT2D eigenvalue weighted by Gasteiger charge is -2.33. The Morgan fingerprint density at radius 3 is 1.67 bits per heavy atom. The second-order valence-corrected chi connectivity index (χ2v) is 29.2. The van der Waals surface area contributed by atoms with E-state index in [-0.39, 0.29) is 100 Å². The number of nitrogens with one attached hydrogen (secondary N) is 6. The number of aliphatic hydroxyl groups excluding tert-OH is 1. The summed E-state index contributed by atoms with van der Waals surface area (Å²) >= 11 is 4.15. The number of benzene rings is 2. The average molecular weight is 1470 g/mol. The zero-order valence-corrected chi connectivity index (χ0v) is 60.2. The summed E-state index contributed by atoms with van der Waals surface area (Å²) in [5.41, 5.74) is 25.3. The van der Waals surface area contributed by atoms with Crippen molar-refractivity contribution in [1.82, 2.24) is 61.3 Å². The van der Waals surface area contributed by atoms with Crippen LogP contribution in [0.3, 0.4) is 0 Å². The zero-order chi connectivity index (χ0) is 73.5. The van der Waals surface area contributed by atoms with Crippen molar-refractivity contribution >= 4 is 112 Å². The van der Waals surface area contributed by atoms with Gasteiger partial charge < -0.3 is 74.8 Å². The van der Waals surface area contributed by atoms with Gasteiger partial charge in [0.25, 0.3) is 0 Å². The minimum atomic E-state index is -1.71. The van der Waals surface area contributed by atoms with Crippen LogP contribution in [0, 0.1) is 0 Å². The van der Waals surface area contributed by atoms with E-state index in [0.717, 1.165) is 29.5 Å². The van der Waals surface area contributed by atoms with Gasteiger partial charge in [0.2, 0.25) is 70.9 Å². The van der Waals surface area contributed by atoms with E-state index in [1.165, 1.54) is 40.2 Å². The molecule has 101 heavy (non-hydrogen) atoms. The van der Waals surface area contributed by atoms with E-state index in [0.29, 0.717) is 101 Å². The van der Waals surface area contributed by atoms with Gasteiger partial charge in [0.05, 0.1) is 32.3 Å². The van der Waals surface area contributed by atoms with E-state index < -0.39 is 120 Å². The molecule has 0 saturated carbocycles. The maximum Gasteiger partial charge on any atom is 0.327 e. The first-order valence-electron chi connectivity index (χ1n) is 34.5. The van der Waals surface area contributed by atoms with E-state index in [9.17, 15) is 72.5 Å². The second-order valence-electron chi connectivity index (χ2n) is 26.0. The van der Waals surface area contributed by atoms with E-state index in [1.807, 2.05) is 44.7 Å². The van der Waals surface area contributed by atoms with Gasteiger partial charge in [0.1, 0.15) is 42.3 Å². The van der Waals surface area contributed by atoms with Gasteiger partial charge in [-0.2, -0.15) is 35.3 Å². The highest BCUT2D eigenvalue weighted by Gasteiger charge is 2.45. The molecule has 6 rings (SSSR count). The predicted molar refractivity (Wildman–Crippen MR) is 382 cm³/mol. The number of carboxylic acid groups (broad SMARTS) is 1. The van der Waals surface area contributed by atoms with Gasteiger partial charge in [-0.25, -0.2) is 4.79 Å². The summed E-state index contributed by atoms with van der Waals surface area (Å²) in [6.07, 6.45) is 1.16. The van der Waals surface area contributed by atoms with Crippen molar-refractivity contribution in [2.45, 2.75) is 150 Å². The Hall–Kier alpha value is -7.60. The number of carboxylic acids is 1. The third kappa shape index (κ3) is 28.6. The van der Waals surface area contributed by atoms with Gasteiger partial charge >= 0.3 is 5.97 Å². The van der Waals surface area contributed by atoms with Gasteiger partial charge in [-0.05, 0) is 67.7 Å². The molecule has 0 aromatic heterocycles. The first kappa shape index (κ1) is 82.4. The molecule has 0 unspecified atom stereocenters. The number of rotatable bonds is 25. The zero-order valence-electron chi connectivity index (χ0n) is 57.8. The second kappa shape index (κ2) is 42.7. The van der Waals surface area contributed by atoms with Crippen LogP contribution >= 0.6 is 35.3 Å². The molecule has 34 heteroatoms. The Labute approximate surface area is 602 Å². The highest BCUT2D eigenvalue weighted by Crippen LogP contribution is 2.28. The quantitative estimate of drug-likeness (QED) is 0.0445. The van der Waals surface area contributed by atoms with Crippen LogP contribution < -0.4 is 54.8 Å². The molecule has 4 aliphatic heterocycles. The maximum absolute atomic E-state index is 14.9. The lowest BCUT2D eigenvalue weighted by molar-refractivity contribution is -0.148. The maximum atomic E-state index is 14.9. The number of aliphatic hydroxyl groups is 1. The predicted octanol–water partition coefficient (Wildman–Crippen LogP) is -2.85. The van der Waals surface area contributed by atoms with Crippen LogP contribution in [0.1, 0.15) is 100 Å². The molecule has 2 aromatic carbocycles. The lowest BCUT2D eigenvalue weighted by Crippen LogP contribution is -2.61. The molecule has 12 amide bonds. The normalized spacial score (nSPS) is 23.4. The smallest absolute Gasteiger partial charge is 0.327 e. The summed E-state index contributed by atoms with van der Waals surface area (Å²) in [6.45, 7) is 6.79. The van der Waals surface area contributed by atoms with Crippen molar-refractivity contribution in [2.75, 3.05) is 115 Å². The van der Waals surface area contributed by atoms with E-state index in [4.69, 9.17) is 22.9 Å². The van der Waals surface area contributed by atoms with Crippen molar-refractivity contribution in [3.63, 3.8) is 0 Å². The minimum Gasteiger partial charge on any atom is -0.480 e. The average Bonchev–Trinajstić information content (AvgIpc) is 1.72. The van der Waals surface area contributed by atoms with Gasteiger partial charge in [0, 0.05) is 126 Å². The summed E-state index contributed by atoms with van der Waals surface area (Å²) in [5, 5.41) is 37.8. The number of unbranched alkanes of at least 4 members (excludes halogenated alkanes) is 2. The molecule has 31 nitrogen and oxygen atoms in total. The molecule has 8 atom stereocenters. The number of primary amides is 4. The number of carbonyl (C=O) groups excluding carboxylic acids is 12. The minimum absolute atomic E-state index is 0.00362. The molecular weight excluding hydrogens is 1370 g/mol. The Kier molecular flexibility index (Phi) is 34.8. The molecule has 4 aliphatic rings. The highest BCUT2D eigenvalue weighted by atomic mass is 32.2. The van der Waals surface area contributed by atoms with Crippen LogP contribution in [0.2, 0.25) is 0 Å². The standard InChI is InChI=1S/C67H102N16O15S3/c1-3-4-6-15-58(89)73-50-41-100-39-46-30-45(38-99-29-18-72-59(90)37-81-27-25-79(35-56(70)87)23-21-78(34-55(69)86)22-24-80(26-28-81)36-57(71)88)31-47(32-46)40-101-42-51(67(97)98)76-62(92)49(33-44-11-7-5-8-12-44)75-61(91)48(16-17-54(68)85)74-64(94)60(43(2)84)77-63(93)52-13-9-19-82(52)66(96)53-14-10-20-83(53)65(50)95/h5,7-8,11-12,30-32,43,48-53,60,84H,3-4,6,9-10,13-29,33-42H2,1-2H3,(H2,68,85)(H2,69,86)(H2,70,87)(H2,71,88)(H,72,90)(H,73,89)(H,74,94)(H,75,91)(H,76,92)(H,77,93)(H,97,98)/t43-,48+,49+,50+,51+,52+,53+,60+/m1/s1. The van der Waals surface area contributed by atoms with Gasteiger partial charge in [0.15, 0.2) is 0 Å². The summed E-state index contributed by atoms with van der Waals surface area (Å²) in [6, 6.07) is 5.05. The van der Waals surface area contributed by atoms with Crippen molar-refractivity contribution in [3.05, 3.63) is 70.8 Å². The van der Waals surface area contributed by atoms with Crippen molar-refractivity contribution in [1.29, 1.82) is 0 Å². The van der Waals surface area contributed by atoms with E-state index in [1.54, 1.807) is 42.1 Å². The molecule has 0 radical (unpaired) electrons. The number of thioether (sulfide) groups is 3. The molecule has 0 spiro atoms. The highest BCUT2D eigenvalue weighted by molar-refractivity contribution is 7.99. The molecule has 4 heterocycles. The molecule has 2 bridgehead atoms. The van der Waals surface area contributed by atoms with Crippen LogP contribution in [0.4, 0.5) is 0 Å². The topological polar surface area (TPSA) is 458 Å². The summed E-state index contributed by atoms with van der Waals surface area (Å²) < 4.78 is 0. The van der Waals surface area contributed by atoms with Crippen LogP contribution in [-0.2, 0) is 86.0 Å². The van der Waals surface area contributed by atoms with Crippen molar-refractivity contribution < 1.29 is 72.5 Å². The molecular formula is C67H102N16O15S3. The number of fused-ring (bicyclic) bond motifs is 4. The van der Waals surface area contributed by atoms with E-state index in [2.05, 4.69) is 31.9 Å². The molecule has 3 fully saturated rings. The number of carbonyl (C=O) groups is 13. The Balaban J connectivity index is 1.26. The van der Waals surface area contributed by atoms with Gasteiger partial charge in [-0.3, -0.25) is 77.1 Å². The Bertz CT molecular complexity index is 3150. The lowest BCUT2D eigenvalue weighted by atomic mass is 10.0. The number of hydrogen-bond acceptors (Lipinski definition) is 21. The van der Waals surface area contributed by atoms with Crippen LogP contribution in [0.25, 0.3) is 0 Å². The summed E-state index contributed by atoms with van der Waals surface area (Å²) in [5.74, 6) is -7.55. The first-order chi connectivity index (χ1) is 48.3. The Morgan fingerprint density at radius 2 is 1.13 bits per heavy atom.